The maximum absolute atomic E-state index is 12.3. The van der Waals surface area contributed by atoms with Gasteiger partial charge < -0.3 is 4.98 Å². The number of halogens is 1. The van der Waals surface area contributed by atoms with E-state index >= 15 is 0 Å². The molecule has 1 N–H and O–H groups in total. The van der Waals surface area contributed by atoms with Crippen molar-refractivity contribution in [3.8, 4) is 0 Å². The zero-order valence-electron chi connectivity index (χ0n) is 13.5. The number of imidazole rings is 1. The molecule has 1 aromatic carbocycles. The van der Waals surface area contributed by atoms with E-state index < -0.39 is 0 Å². The smallest absolute Gasteiger partial charge is 0.305 e. The molecule has 0 aliphatic carbocycles. The molecule has 4 nitrogen and oxygen atoms in total. The standard InChI is InChI=1S/C17H22ClN3O/c1-10(2)5-6-20-11(3)9-21-16-14(12(20)4)7-13(18)8-15(16)19-17(21)22/h5,7-8,11-12H,6,9H2,1-4H3,(H,19,22)/t11-,12-/m1/s1. The Bertz CT molecular complexity index is 798. The van der Waals surface area contributed by atoms with Crippen LogP contribution in [-0.2, 0) is 6.54 Å². The largest absolute Gasteiger partial charge is 0.326 e. The SMILES string of the molecule is CC(C)=CCN1[C@H](C)Cn2c(=O)[nH]c3cc(Cl)cc(c32)[C@H]1C. The van der Waals surface area contributed by atoms with Crippen LogP contribution >= 0.6 is 11.6 Å². The fourth-order valence-electron chi connectivity index (χ4n) is 3.35. The second-order valence-corrected chi connectivity index (χ2v) is 6.87. The van der Waals surface area contributed by atoms with Crippen LogP contribution in [0.3, 0.4) is 0 Å². The molecule has 3 rings (SSSR count). The van der Waals surface area contributed by atoms with Gasteiger partial charge in [0.2, 0.25) is 0 Å². The molecule has 0 saturated heterocycles. The average Bonchev–Trinajstić information content (AvgIpc) is 2.67. The average molecular weight is 320 g/mol. The molecule has 0 saturated carbocycles. The van der Waals surface area contributed by atoms with Crippen molar-refractivity contribution >= 4 is 22.6 Å². The molecule has 0 radical (unpaired) electrons. The summed E-state index contributed by atoms with van der Waals surface area (Å²) < 4.78 is 1.85. The Morgan fingerprint density at radius 1 is 1.41 bits per heavy atom. The first-order chi connectivity index (χ1) is 10.4. The lowest BCUT2D eigenvalue weighted by Gasteiger charge is -2.32. The predicted molar refractivity (Wildman–Crippen MR) is 91.6 cm³/mol. The number of nitrogens with zero attached hydrogens (tertiary/aromatic N) is 2. The number of hydrogen-bond acceptors (Lipinski definition) is 2. The van der Waals surface area contributed by atoms with Gasteiger partial charge in [0.1, 0.15) is 0 Å². The third-order valence-corrected chi connectivity index (χ3v) is 4.75. The summed E-state index contributed by atoms with van der Waals surface area (Å²) in [4.78, 5) is 17.6. The Morgan fingerprint density at radius 2 is 2.14 bits per heavy atom. The number of aromatic amines is 1. The predicted octanol–water partition coefficient (Wildman–Crippen LogP) is 3.71. The number of H-pyrrole nitrogens is 1. The van der Waals surface area contributed by atoms with Gasteiger partial charge in [0, 0.05) is 30.2 Å². The lowest BCUT2D eigenvalue weighted by Crippen LogP contribution is -2.38. The molecule has 1 aliphatic heterocycles. The van der Waals surface area contributed by atoms with E-state index in [1.54, 1.807) is 0 Å². The molecule has 2 heterocycles. The van der Waals surface area contributed by atoms with E-state index in [1.165, 1.54) is 5.57 Å². The highest BCUT2D eigenvalue weighted by Crippen LogP contribution is 2.34. The van der Waals surface area contributed by atoms with Crippen LogP contribution in [0.2, 0.25) is 5.02 Å². The fraction of sp³-hybridized carbons (Fsp3) is 0.471. The lowest BCUT2D eigenvalue weighted by atomic mass is 10.0. The monoisotopic (exact) mass is 319 g/mol. The minimum Gasteiger partial charge on any atom is -0.305 e. The minimum atomic E-state index is -0.0540. The van der Waals surface area contributed by atoms with Crippen LogP contribution in [0.25, 0.3) is 11.0 Å². The molecule has 2 aromatic rings. The first-order valence-corrected chi connectivity index (χ1v) is 8.07. The number of benzene rings is 1. The van der Waals surface area contributed by atoms with E-state index in [0.29, 0.717) is 11.6 Å². The minimum absolute atomic E-state index is 0.0540. The van der Waals surface area contributed by atoms with E-state index in [2.05, 4.69) is 43.7 Å². The van der Waals surface area contributed by atoms with Crippen LogP contribution in [-0.4, -0.2) is 27.0 Å². The fourth-order valence-corrected chi connectivity index (χ4v) is 3.58. The summed E-state index contributed by atoms with van der Waals surface area (Å²) in [6.45, 7) is 10.1. The summed E-state index contributed by atoms with van der Waals surface area (Å²) in [6.07, 6.45) is 2.24. The first-order valence-electron chi connectivity index (χ1n) is 7.69. The van der Waals surface area contributed by atoms with Gasteiger partial charge in [-0.1, -0.05) is 23.3 Å². The van der Waals surface area contributed by atoms with Gasteiger partial charge in [-0.25, -0.2) is 4.79 Å². The highest BCUT2D eigenvalue weighted by atomic mass is 35.5. The summed E-state index contributed by atoms with van der Waals surface area (Å²) >= 11 is 6.26. The second kappa shape index (κ2) is 5.60. The van der Waals surface area contributed by atoms with Gasteiger partial charge in [-0.15, -0.1) is 0 Å². The Kier molecular flexibility index (Phi) is 3.91. The van der Waals surface area contributed by atoms with Gasteiger partial charge >= 0.3 is 5.69 Å². The molecule has 0 fully saturated rings. The van der Waals surface area contributed by atoms with E-state index in [-0.39, 0.29) is 17.8 Å². The van der Waals surface area contributed by atoms with Crippen molar-refractivity contribution in [1.82, 2.24) is 14.5 Å². The molecule has 1 aliphatic rings. The Balaban J connectivity index is 2.18. The van der Waals surface area contributed by atoms with Crippen LogP contribution in [0.5, 0.6) is 0 Å². The number of allylic oxidation sites excluding steroid dienone is 1. The van der Waals surface area contributed by atoms with Gasteiger partial charge in [0.25, 0.3) is 0 Å². The van der Waals surface area contributed by atoms with E-state index in [4.69, 9.17) is 11.6 Å². The molecule has 22 heavy (non-hydrogen) atoms. The van der Waals surface area contributed by atoms with E-state index in [1.807, 2.05) is 16.7 Å². The highest BCUT2D eigenvalue weighted by Gasteiger charge is 2.29. The number of rotatable bonds is 2. The molecule has 0 amide bonds. The Morgan fingerprint density at radius 3 is 2.82 bits per heavy atom. The highest BCUT2D eigenvalue weighted by molar-refractivity contribution is 6.31. The summed E-state index contributed by atoms with van der Waals surface area (Å²) in [7, 11) is 0. The van der Waals surface area contributed by atoms with Gasteiger partial charge in [0.05, 0.1) is 11.0 Å². The van der Waals surface area contributed by atoms with Crippen molar-refractivity contribution < 1.29 is 0 Å². The maximum atomic E-state index is 12.3. The van der Waals surface area contributed by atoms with Gasteiger partial charge in [-0.3, -0.25) is 9.47 Å². The third-order valence-electron chi connectivity index (χ3n) is 4.53. The van der Waals surface area contributed by atoms with Crippen LogP contribution in [0, 0.1) is 0 Å². The number of aromatic nitrogens is 2. The van der Waals surface area contributed by atoms with Gasteiger partial charge in [-0.05, 0) is 45.4 Å². The third kappa shape index (κ3) is 2.50. The summed E-state index contributed by atoms with van der Waals surface area (Å²) in [6, 6.07) is 4.30. The zero-order chi connectivity index (χ0) is 16.0. The first kappa shape index (κ1) is 15.4. The summed E-state index contributed by atoms with van der Waals surface area (Å²) in [5.41, 5.74) is 4.19. The topological polar surface area (TPSA) is 41.0 Å². The van der Waals surface area contributed by atoms with Crippen molar-refractivity contribution in [2.75, 3.05) is 6.54 Å². The molecule has 0 unspecified atom stereocenters. The van der Waals surface area contributed by atoms with Crippen LogP contribution in [0.15, 0.2) is 28.6 Å². The number of nitrogens with one attached hydrogen (secondary N) is 1. The van der Waals surface area contributed by atoms with Gasteiger partial charge in [0.15, 0.2) is 0 Å². The molecular formula is C17H22ClN3O. The molecular weight excluding hydrogens is 298 g/mol. The molecule has 5 heteroatoms. The maximum Gasteiger partial charge on any atom is 0.326 e. The van der Waals surface area contributed by atoms with E-state index in [9.17, 15) is 4.79 Å². The van der Waals surface area contributed by atoms with Crippen LogP contribution in [0.4, 0.5) is 0 Å². The van der Waals surface area contributed by atoms with Crippen LogP contribution in [0.1, 0.15) is 39.3 Å². The normalized spacial score (nSPS) is 21.9. The Labute approximate surface area is 135 Å². The van der Waals surface area contributed by atoms with Crippen molar-refractivity contribution in [1.29, 1.82) is 0 Å². The Hall–Kier alpha value is -1.52. The second-order valence-electron chi connectivity index (χ2n) is 6.44. The number of hydrogen-bond donors (Lipinski definition) is 1. The van der Waals surface area contributed by atoms with E-state index in [0.717, 1.165) is 23.1 Å². The molecule has 0 spiro atoms. The molecule has 1 aromatic heterocycles. The van der Waals surface area contributed by atoms with Crippen molar-refractivity contribution in [2.24, 2.45) is 0 Å². The van der Waals surface area contributed by atoms with Crippen LogP contribution < -0.4 is 5.69 Å². The lowest BCUT2D eigenvalue weighted by molar-refractivity contribution is 0.165. The molecule has 2 atom stereocenters. The van der Waals surface area contributed by atoms with Crippen molar-refractivity contribution in [3.63, 3.8) is 0 Å². The zero-order valence-corrected chi connectivity index (χ0v) is 14.2. The molecule has 118 valence electrons. The van der Waals surface area contributed by atoms with Crippen molar-refractivity contribution in [3.05, 3.63) is 44.9 Å². The summed E-state index contributed by atoms with van der Waals surface area (Å²) in [5, 5.41) is 0.666. The molecule has 0 bridgehead atoms. The quantitative estimate of drug-likeness (QED) is 0.857. The summed E-state index contributed by atoms with van der Waals surface area (Å²) in [5.74, 6) is 0. The van der Waals surface area contributed by atoms with Gasteiger partial charge in [-0.2, -0.15) is 0 Å². The van der Waals surface area contributed by atoms with Crippen molar-refractivity contribution in [2.45, 2.75) is 46.3 Å².